The Morgan fingerprint density at radius 3 is 2.87 bits per heavy atom. The van der Waals surface area contributed by atoms with Crippen molar-refractivity contribution in [2.45, 2.75) is 6.42 Å². The molecule has 1 aliphatic carbocycles. The van der Waals surface area contributed by atoms with Gasteiger partial charge in [0, 0.05) is 17.7 Å². The van der Waals surface area contributed by atoms with Crippen molar-refractivity contribution in [3.05, 3.63) is 47.2 Å². The van der Waals surface area contributed by atoms with Crippen LogP contribution in [-0.4, -0.2) is 16.1 Å². The number of hydrogen-bond donors (Lipinski definition) is 2. The normalized spacial score (nSPS) is 12.3. The molecule has 0 amide bonds. The van der Waals surface area contributed by atoms with Gasteiger partial charge in [0.15, 0.2) is 0 Å². The highest BCUT2D eigenvalue weighted by atomic mass is 16.4. The van der Waals surface area contributed by atoms with E-state index in [0.29, 0.717) is 0 Å². The number of rotatable bonds is 1. The Kier molecular flexibility index (Phi) is 1.51. The number of aromatic amines is 1. The maximum absolute atomic E-state index is 10.8. The van der Waals surface area contributed by atoms with Crippen LogP contribution in [0.25, 0.3) is 11.3 Å². The Balaban J connectivity index is 2.19. The first-order valence-electron chi connectivity index (χ1n) is 4.79. The molecule has 74 valence electrons. The number of benzene rings is 1. The highest BCUT2D eigenvalue weighted by Gasteiger charge is 2.22. The maximum atomic E-state index is 10.8. The van der Waals surface area contributed by atoms with Crippen LogP contribution >= 0.6 is 0 Å². The summed E-state index contributed by atoms with van der Waals surface area (Å²) in [5, 5.41) is 8.86. The summed E-state index contributed by atoms with van der Waals surface area (Å²) in [5.74, 6) is -0.901. The zero-order chi connectivity index (χ0) is 10.4. The first kappa shape index (κ1) is 8.29. The fraction of sp³-hybridized carbons (Fsp3) is 0.0833. The van der Waals surface area contributed by atoms with Crippen LogP contribution in [0.5, 0.6) is 0 Å². The molecule has 0 saturated heterocycles. The van der Waals surface area contributed by atoms with Gasteiger partial charge in [-0.1, -0.05) is 24.3 Å². The molecule has 0 unspecified atom stereocenters. The molecule has 2 aromatic rings. The van der Waals surface area contributed by atoms with Gasteiger partial charge in [0.25, 0.3) is 0 Å². The van der Waals surface area contributed by atoms with Crippen molar-refractivity contribution in [2.24, 2.45) is 0 Å². The molecule has 0 fully saturated rings. The third kappa shape index (κ3) is 1.09. The highest BCUT2D eigenvalue weighted by molar-refractivity contribution is 5.89. The fourth-order valence-corrected chi connectivity index (χ4v) is 2.12. The largest absolute Gasteiger partial charge is 0.477 e. The molecule has 15 heavy (non-hydrogen) atoms. The van der Waals surface area contributed by atoms with Crippen LogP contribution in [0.1, 0.15) is 21.6 Å². The minimum atomic E-state index is -0.901. The van der Waals surface area contributed by atoms with Crippen LogP contribution in [0.4, 0.5) is 0 Å². The number of carboxylic acids is 1. The Morgan fingerprint density at radius 2 is 2.07 bits per heavy atom. The van der Waals surface area contributed by atoms with Gasteiger partial charge < -0.3 is 10.1 Å². The van der Waals surface area contributed by atoms with E-state index in [4.69, 9.17) is 5.11 Å². The molecule has 0 aliphatic heterocycles. The van der Waals surface area contributed by atoms with E-state index in [9.17, 15) is 4.79 Å². The topological polar surface area (TPSA) is 53.1 Å². The lowest BCUT2D eigenvalue weighted by atomic mass is 10.1. The van der Waals surface area contributed by atoms with E-state index in [1.54, 1.807) is 6.07 Å². The zero-order valence-electron chi connectivity index (χ0n) is 7.95. The molecule has 1 aromatic carbocycles. The van der Waals surface area contributed by atoms with Crippen molar-refractivity contribution < 1.29 is 9.90 Å². The third-order valence-electron chi connectivity index (χ3n) is 2.80. The SMILES string of the molecule is O=C(O)c1cc2c([nH]1)-c1ccccc1C2. The Hall–Kier alpha value is -2.03. The van der Waals surface area contributed by atoms with Gasteiger partial charge in [-0.15, -0.1) is 0 Å². The Morgan fingerprint density at radius 1 is 1.27 bits per heavy atom. The summed E-state index contributed by atoms with van der Waals surface area (Å²) < 4.78 is 0. The summed E-state index contributed by atoms with van der Waals surface area (Å²) in [7, 11) is 0. The van der Waals surface area contributed by atoms with E-state index < -0.39 is 5.97 Å². The molecule has 0 atom stereocenters. The van der Waals surface area contributed by atoms with E-state index in [-0.39, 0.29) is 5.69 Å². The van der Waals surface area contributed by atoms with E-state index in [0.717, 1.165) is 23.2 Å². The lowest BCUT2D eigenvalue weighted by Crippen LogP contribution is -1.96. The predicted molar refractivity (Wildman–Crippen MR) is 56.0 cm³/mol. The average Bonchev–Trinajstić information content (AvgIpc) is 2.73. The van der Waals surface area contributed by atoms with Crippen LogP contribution in [0, 0.1) is 0 Å². The van der Waals surface area contributed by atoms with Crippen LogP contribution in [0.2, 0.25) is 0 Å². The van der Waals surface area contributed by atoms with Crippen LogP contribution in [-0.2, 0) is 6.42 Å². The monoisotopic (exact) mass is 199 g/mol. The van der Waals surface area contributed by atoms with E-state index >= 15 is 0 Å². The molecule has 3 heteroatoms. The molecule has 0 saturated carbocycles. The number of H-pyrrole nitrogens is 1. The van der Waals surface area contributed by atoms with Gasteiger partial charge in [0.05, 0.1) is 0 Å². The summed E-state index contributed by atoms with van der Waals surface area (Å²) in [6.07, 6.45) is 0.829. The van der Waals surface area contributed by atoms with Crippen molar-refractivity contribution >= 4 is 5.97 Å². The standard InChI is InChI=1S/C12H9NO2/c14-12(15)10-6-8-5-7-3-1-2-4-9(7)11(8)13-10/h1-4,6,13H,5H2,(H,14,15). The second kappa shape index (κ2) is 2.73. The molecule has 1 aliphatic rings. The van der Waals surface area contributed by atoms with Crippen molar-refractivity contribution in [3.63, 3.8) is 0 Å². The lowest BCUT2D eigenvalue weighted by molar-refractivity contribution is 0.0691. The second-order valence-corrected chi connectivity index (χ2v) is 3.72. The molecule has 0 spiro atoms. The summed E-state index contributed by atoms with van der Waals surface area (Å²) in [6.45, 7) is 0. The third-order valence-corrected chi connectivity index (χ3v) is 2.80. The maximum Gasteiger partial charge on any atom is 0.352 e. The van der Waals surface area contributed by atoms with E-state index in [1.807, 2.05) is 18.2 Å². The number of aromatic carboxylic acids is 1. The van der Waals surface area contributed by atoms with Gasteiger partial charge in [0.2, 0.25) is 0 Å². The number of fused-ring (bicyclic) bond motifs is 3. The number of carboxylic acid groups (broad SMARTS) is 1. The van der Waals surface area contributed by atoms with Crippen molar-refractivity contribution in [2.75, 3.05) is 0 Å². The van der Waals surface area contributed by atoms with Crippen LogP contribution < -0.4 is 0 Å². The molecular formula is C12H9NO2. The van der Waals surface area contributed by atoms with Gasteiger partial charge in [-0.05, 0) is 17.2 Å². The van der Waals surface area contributed by atoms with Crippen LogP contribution in [0.3, 0.4) is 0 Å². The molecule has 1 heterocycles. The summed E-state index contributed by atoms with van der Waals surface area (Å²) in [4.78, 5) is 13.7. The molecule has 3 nitrogen and oxygen atoms in total. The average molecular weight is 199 g/mol. The van der Waals surface area contributed by atoms with E-state index in [1.165, 1.54) is 5.56 Å². The van der Waals surface area contributed by atoms with Gasteiger partial charge in [-0.2, -0.15) is 0 Å². The Bertz CT molecular complexity index is 554. The number of aromatic nitrogens is 1. The summed E-state index contributed by atoms with van der Waals surface area (Å²) in [5.41, 5.74) is 4.70. The molecule has 0 bridgehead atoms. The van der Waals surface area contributed by atoms with Crippen molar-refractivity contribution in [1.29, 1.82) is 0 Å². The van der Waals surface area contributed by atoms with Crippen molar-refractivity contribution in [3.8, 4) is 11.3 Å². The smallest absolute Gasteiger partial charge is 0.352 e. The van der Waals surface area contributed by atoms with E-state index in [2.05, 4.69) is 11.1 Å². The molecule has 0 radical (unpaired) electrons. The Labute approximate surface area is 86.4 Å². The van der Waals surface area contributed by atoms with Crippen LogP contribution in [0.15, 0.2) is 30.3 Å². The van der Waals surface area contributed by atoms with Gasteiger partial charge in [-0.3, -0.25) is 0 Å². The second-order valence-electron chi connectivity index (χ2n) is 3.72. The summed E-state index contributed by atoms with van der Waals surface area (Å²) >= 11 is 0. The number of nitrogens with one attached hydrogen (secondary N) is 1. The summed E-state index contributed by atoms with van der Waals surface area (Å²) in [6, 6.07) is 9.78. The quantitative estimate of drug-likeness (QED) is 0.631. The fourth-order valence-electron chi connectivity index (χ4n) is 2.12. The zero-order valence-corrected chi connectivity index (χ0v) is 7.95. The first-order valence-corrected chi connectivity index (χ1v) is 4.79. The van der Waals surface area contributed by atoms with Gasteiger partial charge in [-0.25, -0.2) is 4.79 Å². The molecule has 1 aromatic heterocycles. The lowest BCUT2D eigenvalue weighted by Gasteiger charge is -1.97. The minimum absolute atomic E-state index is 0.273. The minimum Gasteiger partial charge on any atom is -0.477 e. The van der Waals surface area contributed by atoms with Gasteiger partial charge in [0.1, 0.15) is 5.69 Å². The number of carbonyl (C=O) groups is 1. The molecule has 3 rings (SSSR count). The van der Waals surface area contributed by atoms with Crippen molar-refractivity contribution in [1.82, 2.24) is 4.98 Å². The molecular weight excluding hydrogens is 190 g/mol. The molecule has 2 N–H and O–H groups in total. The van der Waals surface area contributed by atoms with Gasteiger partial charge >= 0.3 is 5.97 Å². The number of hydrogen-bond acceptors (Lipinski definition) is 1. The highest BCUT2D eigenvalue weighted by Crippen LogP contribution is 2.35. The predicted octanol–water partition coefficient (Wildman–Crippen LogP) is 2.28. The first-order chi connectivity index (χ1) is 7.25.